The molecule has 0 bridgehead atoms. The summed E-state index contributed by atoms with van der Waals surface area (Å²) in [6.45, 7) is 1.66. The van der Waals surface area contributed by atoms with Gasteiger partial charge in [-0.25, -0.2) is 4.79 Å². The minimum atomic E-state index is -0.933. The molecule has 0 aromatic heterocycles. The van der Waals surface area contributed by atoms with Crippen LogP contribution < -0.4 is 0 Å². The number of aryl methyl sites for hydroxylation is 1. The zero-order valence-electron chi connectivity index (χ0n) is 8.23. The molecule has 0 saturated carbocycles. The van der Waals surface area contributed by atoms with E-state index in [1.54, 1.807) is 6.07 Å². The molecule has 0 saturated heterocycles. The smallest absolute Gasteiger partial charge is 0.329 e. The molecule has 0 radical (unpaired) electrons. The number of benzene rings is 1. The van der Waals surface area contributed by atoms with Gasteiger partial charge in [-0.1, -0.05) is 18.2 Å². The van der Waals surface area contributed by atoms with E-state index >= 15 is 0 Å². The Morgan fingerprint density at radius 3 is 2.21 bits per heavy atom. The van der Waals surface area contributed by atoms with E-state index in [0.717, 1.165) is 5.56 Å². The van der Waals surface area contributed by atoms with Gasteiger partial charge in [0.25, 0.3) is 0 Å². The van der Waals surface area contributed by atoms with Gasteiger partial charge in [0.2, 0.25) is 0 Å². The number of carboxylic acids is 1. The van der Waals surface area contributed by atoms with Crippen molar-refractivity contribution in [3.63, 3.8) is 0 Å². The normalized spacial score (nSPS) is 8.71. The van der Waals surface area contributed by atoms with Crippen LogP contribution in [-0.4, -0.2) is 29.9 Å². The maximum Gasteiger partial charge on any atom is 0.329 e. The lowest BCUT2D eigenvalue weighted by atomic mass is 10.2. The fourth-order valence-electron chi connectivity index (χ4n) is 0.687. The van der Waals surface area contributed by atoms with Crippen LogP contribution >= 0.6 is 0 Å². The van der Waals surface area contributed by atoms with Crippen LogP contribution in [0.3, 0.4) is 0 Å². The number of carbonyl (C=O) groups is 1. The van der Waals surface area contributed by atoms with Crippen molar-refractivity contribution in [1.29, 1.82) is 0 Å². The van der Waals surface area contributed by atoms with Crippen molar-refractivity contribution in [1.82, 2.24) is 0 Å². The van der Waals surface area contributed by atoms with E-state index in [9.17, 15) is 4.79 Å². The van der Waals surface area contributed by atoms with Crippen LogP contribution in [-0.2, 0) is 9.53 Å². The molecule has 2 N–H and O–H groups in total. The van der Waals surface area contributed by atoms with Gasteiger partial charge in [-0.3, -0.25) is 0 Å². The molecular formula is C10H14O4. The molecule has 0 atom stereocenters. The van der Waals surface area contributed by atoms with E-state index in [0.29, 0.717) is 5.75 Å². The molecule has 0 heterocycles. The number of hydrogen-bond acceptors (Lipinski definition) is 3. The fraction of sp³-hybridized carbons (Fsp3) is 0.300. The zero-order valence-corrected chi connectivity index (χ0v) is 8.23. The second kappa shape index (κ2) is 6.91. The maximum absolute atomic E-state index is 9.47. The van der Waals surface area contributed by atoms with Crippen molar-refractivity contribution in [2.75, 3.05) is 13.7 Å². The van der Waals surface area contributed by atoms with E-state index < -0.39 is 5.97 Å². The number of aliphatic carboxylic acids is 1. The van der Waals surface area contributed by atoms with E-state index in [4.69, 9.17) is 10.2 Å². The Morgan fingerprint density at radius 1 is 1.43 bits per heavy atom. The van der Waals surface area contributed by atoms with E-state index in [-0.39, 0.29) is 6.61 Å². The molecule has 0 fully saturated rings. The summed E-state index contributed by atoms with van der Waals surface area (Å²) >= 11 is 0. The molecule has 1 rings (SSSR count). The van der Waals surface area contributed by atoms with Gasteiger partial charge in [-0.2, -0.15) is 0 Å². The summed E-state index contributed by atoms with van der Waals surface area (Å²) in [6, 6.07) is 7.25. The summed E-state index contributed by atoms with van der Waals surface area (Å²) in [5.41, 5.74) is 0.924. The number of phenolic OH excluding ortho intramolecular Hbond substituents is 1. The lowest BCUT2D eigenvalue weighted by Gasteiger charge is -1.92. The molecule has 14 heavy (non-hydrogen) atoms. The summed E-state index contributed by atoms with van der Waals surface area (Å²) in [6.07, 6.45) is 0. The van der Waals surface area contributed by atoms with E-state index in [2.05, 4.69) is 4.74 Å². The van der Waals surface area contributed by atoms with Crippen LogP contribution in [0.15, 0.2) is 24.3 Å². The van der Waals surface area contributed by atoms with Crippen molar-refractivity contribution in [3.8, 4) is 5.75 Å². The molecule has 4 nitrogen and oxygen atoms in total. The first-order valence-electron chi connectivity index (χ1n) is 4.03. The van der Waals surface area contributed by atoms with Crippen molar-refractivity contribution in [2.24, 2.45) is 0 Å². The summed E-state index contributed by atoms with van der Waals surface area (Å²) in [5.74, 6) is -0.565. The molecular weight excluding hydrogens is 184 g/mol. The fourth-order valence-corrected chi connectivity index (χ4v) is 0.687. The van der Waals surface area contributed by atoms with Crippen molar-refractivity contribution in [3.05, 3.63) is 29.8 Å². The van der Waals surface area contributed by atoms with Crippen molar-refractivity contribution < 1.29 is 19.7 Å². The topological polar surface area (TPSA) is 66.8 Å². The van der Waals surface area contributed by atoms with Gasteiger partial charge in [-0.05, 0) is 18.6 Å². The van der Waals surface area contributed by atoms with Crippen molar-refractivity contribution in [2.45, 2.75) is 6.92 Å². The van der Waals surface area contributed by atoms with Gasteiger partial charge >= 0.3 is 5.97 Å². The first kappa shape index (κ1) is 12.4. The molecule has 0 aliphatic heterocycles. The molecule has 0 aliphatic carbocycles. The lowest BCUT2D eigenvalue weighted by Crippen LogP contribution is -2.02. The number of rotatable bonds is 2. The third-order valence-corrected chi connectivity index (χ3v) is 1.38. The molecule has 1 aromatic rings. The average Bonchev–Trinajstić information content (AvgIpc) is 2.11. The number of methoxy groups -OCH3 is 1. The Labute approximate surface area is 82.8 Å². The van der Waals surface area contributed by atoms with Gasteiger partial charge in [0.1, 0.15) is 12.4 Å². The Balaban J connectivity index is 0.000000255. The minimum Gasteiger partial charge on any atom is -0.508 e. The Hall–Kier alpha value is -1.55. The maximum atomic E-state index is 9.47. The standard InChI is InChI=1S/C7H8O.C3H6O3/c1-6-4-2-3-5-7(6)8;1-6-2-3(4)5/h2-5,8H,1H3;2H2,1H3,(H,4,5). The first-order chi connectivity index (χ1) is 6.57. The molecule has 0 amide bonds. The molecule has 0 aliphatic rings. The zero-order chi connectivity index (χ0) is 11.0. The van der Waals surface area contributed by atoms with Gasteiger partial charge in [0.15, 0.2) is 0 Å². The number of ether oxygens (including phenoxy) is 1. The van der Waals surface area contributed by atoms with Crippen LogP contribution in [0.2, 0.25) is 0 Å². The first-order valence-corrected chi connectivity index (χ1v) is 4.03. The second-order valence-electron chi connectivity index (χ2n) is 2.61. The van der Waals surface area contributed by atoms with Crippen LogP contribution in [0.4, 0.5) is 0 Å². The third-order valence-electron chi connectivity index (χ3n) is 1.38. The molecule has 4 heteroatoms. The Kier molecular flexibility index (Phi) is 6.15. The predicted octanol–water partition coefficient (Wildman–Crippen LogP) is 1.42. The van der Waals surface area contributed by atoms with Gasteiger partial charge < -0.3 is 14.9 Å². The minimum absolute atomic E-state index is 0.208. The molecule has 0 unspecified atom stereocenters. The summed E-state index contributed by atoms with van der Waals surface area (Å²) < 4.78 is 4.20. The quantitative estimate of drug-likeness (QED) is 0.754. The monoisotopic (exact) mass is 198 g/mol. The van der Waals surface area contributed by atoms with Crippen molar-refractivity contribution >= 4 is 5.97 Å². The highest BCUT2D eigenvalue weighted by atomic mass is 16.5. The van der Waals surface area contributed by atoms with Crippen LogP contribution in [0.25, 0.3) is 0 Å². The summed E-state index contributed by atoms with van der Waals surface area (Å²) in [4.78, 5) is 9.47. The van der Waals surface area contributed by atoms with Gasteiger partial charge in [0.05, 0.1) is 0 Å². The SMILES string of the molecule is COCC(=O)O.Cc1ccccc1O. The predicted molar refractivity (Wildman–Crippen MR) is 52.4 cm³/mol. The lowest BCUT2D eigenvalue weighted by molar-refractivity contribution is -0.141. The largest absolute Gasteiger partial charge is 0.508 e. The summed E-state index contributed by atoms with van der Waals surface area (Å²) in [7, 11) is 1.34. The number of para-hydroxylation sites is 1. The second-order valence-corrected chi connectivity index (χ2v) is 2.61. The van der Waals surface area contributed by atoms with Crippen LogP contribution in [0.5, 0.6) is 5.75 Å². The third kappa shape index (κ3) is 6.02. The number of hydrogen-bond donors (Lipinski definition) is 2. The number of phenols is 1. The van der Waals surface area contributed by atoms with Crippen LogP contribution in [0.1, 0.15) is 5.56 Å². The Morgan fingerprint density at radius 2 is 2.00 bits per heavy atom. The summed E-state index contributed by atoms with van der Waals surface area (Å²) in [5, 5.41) is 16.7. The highest BCUT2D eigenvalue weighted by molar-refractivity contribution is 5.67. The highest BCUT2D eigenvalue weighted by Gasteiger charge is 1.88. The number of carboxylic acid groups (broad SMARTS) is 1. The average molecular weight is 198 g/mol. The van der Waals surface area contributed by atoms with Gasteiger partial charge in [0, 0.05) is 7.11 Å². The number of aromatic hydroxyl groups is 1. The van der Waals surface area contributed by atoms with Gasteiger partial charge in [-0.15, -0.1) is 0 Å². The van der Waals surface area contributed by atoms with Crippen LogP contribution in [0, 0.1) is 6.92 Å². The molecule has 78 valence electrons. The highest BCUT2D eigenvalue weighted by Crippen LogP contribution is 2.12. The molecule has 1 aromatic carbocycles. The van der Waals surface area contributed by atoms with E-state index in [1.807, 2.05) is 25.1 Å². The molecule has 0 spiro atoms. The van der Waals surface area contributed by atoms with E-state index in [1.165, 1.54) is 7.11 Å². The Bertz CT molecular complexity index is 262.